The first-order chi connectivity index (χ1) is 10.1. The molecule has 0 saturated carbocycles. The van der Waals surface area contributed by atoms with E-state index in [4.69, 9.17) is 16.3 Å². The molecule has 0 aliphatic carbocycles. The van der Waals surface area contributed by atoms with Gasteiger partial charge in [0.1, 0.15) is 10.9 Å². The van der Waals surface area contributed by atoms with Crippen molar-refractivity contribution >= 4 is 22.5 Å². The number of halogens is 1. The van der Waals surface area contributed by atoms with Crippen LogP contribution in [0, 0.1) is 0 Å². The van der Waals surface area contributed by atoms with Crippen LogP contribution in [0.5, 0.6) is 5.75 Å². The van der Waals surface area contributed by atoms with Gasteiger partial charge in [-0.15, -0.1) is 0 Å². The van der Waals surface area contributed by atoms with Gasteiger partial charge in [-0.1, -0.05) is 23.7 Å². The maximum Gasteiger partial charge on any atom is 0.258 e. The number of hydrogen-bond acceptors (Lipinski definition) is 3. The number of rotatable bonds is 2. The Balaban J connectivity index is 2.25. The van der Waals surface area contributed by atoms with Crippen molar-refractivity contribution in [2.24, 2.45) is 7.05 Å². The van der Waals surface area contributed by atoms with Crippen LogP contribution in [-0.2, 0) is 7.05 Å². The van der Waals surface area contributed by atoms with Crippen LogP contribution < -0.4 is 10.3 Å². The van der Waals surface area contributed by atoms with Crippen molar-refractivity contribution in [1.82, 2.24) is 9.55 Å². The van der Waals surface area contributed by atoms with Gasteiger partial charge in [-0.05, 0) is 29.8 Å². The first kappa shape index (κ1) is 13.6. The van der Waals surface area contributed by atoms with Gasteiger partial charge in [0.15, 0.2) is 0 Å². The number of pyridine rings is 2. The van der Waals surface area contributed by atoms with Crippen LogP contribution in [0.4, 0.5) is 0 Å². The number of nitrogens with zero attached hydrogens (tertiary/aromatic N) is 2. The summed E-state index contributed by atoms with van der Waals surface area (Å²) >= 11 is 5.89. The smallest absolute Gasteiger partial charge is 0.258 e. The summed E-state index contributed by atoms with van der Waals surface area (Å²) < 4.78 is 6.72. The summed E-state index contributed by atoms with van der Waals surface area (Å²) in [5.74, 6) is 0.754. The van der Waals surface area contributed by atoms with Crippen LogP contribution in [0.3, 0.4) is 0 Å². The molecule has 2 heterocycles. The summed E-state index contributed by atoms with van der Waals surface area (Å²) in [5, 5.41) is 1.24. The molecule has 106 valence electrons. The second-order valence-electron chi connectivity index (χ2n) is 4.72. The van der Waals surface area contributed by atoms with E-state index < -0.39 is 0 Å². The number of methoxy groups -OCH3 is 1. The molecule has 21 heavy (non-hydrogen) atoms. The average Bonchev–Trinajstić information content (AvgIpc) is 2.51. The molecule has 0 radical (unpaired) electrons. The first-order valence-electron chi connectivity index (χ1n) is 6.40. The largest absolute Gasteiger partial charge is 0.497 e. The topological polar surface area (TPSA) is 44.1 Å². The van der Waals surface area contributed by atoms with Crippen molar-refractivity contribution in [2.45, 2.75) is 0 Å². The molecule has 0 bridgehead atoms. The van der Waals surface area contributed by atoms with E-state index in [0.717, 1.165) is 22.2 Å². The number of benzene rings is 1. The van der Waals surface area contributed by atoms with Crippen molar-refractivity contribution in [2.75, 3.05) is 7.11 Å². The molecule has 4 nitrogen and oxygen atoms in total. The normalized spacial score (nSPS) is 10.8. The van der Waals surface area contributed by atoms with Crippen molar-refractivity contribution < 1.29 is 4.74 Å². The lowest BCUT2D eigenvalue weighted by Crippen LogP contribution is -2.19. The van der Waals surface area contributed by atoms with Crippen LogP contribution in [0.2, 0.25) is 5.15 Å². The maximum absolute atomic E-state index is 12.5. The molecule has 0 unspecified atom stereocenters. The fourth-order valence-electron chi connectivity index (χ4n) is 2.32. The predicted molar refractivity (Wildman–Crippen MR) is 84.0 cm³/mol. The van der Waals surface area contributed by atoms with Crippen LogP contribution in [0.1, 0.15) is 0 Å². The fourth-order valence-corrected chi connectivity index (χ4v) is 2.47. The zero-order valence-corrected chi connectivity index (χ0v) is 12.4. The quantitative estimate of drug-likeness (QED) is 0.682. The summed E-state index contributed by atoms with van der Waals surface area (Å²) in [5.41, 5.74) is 2.15. The van der Waals surface area contributed by atoms with Crippen molar-refractivity contribution in [1.29, 1.82) is 0 Å². The van der Waals surface area contributed by atoms with E-state index in [-0.39, 0.29) is 5.56 Å². The third kappa shape index (κ3) is 2.38. The van der Waals surface area contributed by atoms with Gasteiger partial charge < -0.3 is 9.30 Å². The van der Waals surface area contributed by atoms with Gasteiger partial charge >= 0.3 is 0 Å². The van der Waals surface area contributed by atoms with Crippen LogP contribution in [0.15, 0.2) is 47.4 Å². The summed E-state index contributed by atoms with van der Waals surface area (Å²) in [7, 11) is 3.34. The summed E-state index contributed by atoms with van der Waals surface area (Å²) in [4.78, 5) is 16.6. The number of aryl methyl sites for hydroxylation is 1. The van der Waals surface area contributed by atoms with Crippen LogP contribution in [0.25, 0.3) is 22.0 Å². The predicted octanol–water partition coefficient (Wildman–Crippen LogP) is 3.26. The lowest BCUT2D eigenvalue weighted by atomic mass is 10.1. The van der Waals surface area contributed by atoms with E-state index in [2.05, 4.69) is 4.98 Å². The van der Waals surface area contributed by atoms with Gasteiger partial charge in [-0.2, -0.15) is 0 Å². The molecule has 3 rings (SSSR count). The molecule has 0 saturated heterocycles. The van der Waals surface area contributed by atoms with E-state index in [1.54, 1.807) is 31.0 Å². The average molecular weight is 301 g/mol. The lowest BCUT2D eigenvalue weighted by molar-refractivity contribution is 0.415. The Bertz CT molecular complexity index is 870. The van der Waals surface area contributed by atoms with Crippen molar-refractivity contribution in [3.05, 3.63) is 58.1 Å². The first-order valence-corrected chi connectivity index (χ1v) is 6.77. The molecular formula is C16H13ClN2O2. The molecule has 0 aliphatic rings. The lowest BCUT2D eigenvalue weighted by Gasteiger charge is -2.09. The molecule has 0 spiro atoms. The Hall–Kier alpha value is -2.33. The molecule has 0 atom stereocenters. The summed E-state index contributed by atoms with van der Waals surface area (Å²) in [6.45, 7) is 0. The SMILES string of the molecule is COc1ccc(-c2cc3cnc(Cl)cc3n(C)c2=O)cc1. The number of hydrogen-bond donors (Lipinski definition) is 0. The maximum atomic E-state index is 12.5. The Morgan fingerprint density at radius 1 is 1.19 bits per heavy atom. The minimum Gasteiger partial charge on any atom is -0.497 e. The molecule has 5 heteroatoms. The molecule has 0 N–H and O–H groups in total. The summed E-state index contributed by atoms with van der Waals surface area (Å²) in [6, 6.07) is 10.9. The Morgan fingerprint density at radius 3 is 2.57 bits per heavy atom. The third-order valence-electron chi connectivity index (χ3n) is 3.48. The van der Waals surface area contributed by atoms with Crippen molar-refractivity contribution in [3.8, 4) is 16.9 Å². The van der Waals surface area contributed by atoms with E-state index in [9.17, 15) is 4.79 Å². The Morgan fingerprint density at radius 2 is 1.90 bits per heavy atom. The molecule has 0 aliphatic heterocycles. The second kappa shape index (κ2) is 5.22. The van der Waals surface area contributed by atoms with E-state index in [1.807, 2.05) is 30.3 Å². The van der Waals surface area contributed by atoms with Gasteiger partial charge in [0.05, 0.1) is 12.6 Å². The summed E-state index contributed by atoms with van der Waals surface area (Å²) in [6.07, 6.45) is 1.67. The minimum absolute atomic E-state index is 0.0741. The van der Waals surface area contributed by atoms with Gasteiger partial charge in [-0.25, -0.2) is 4.98 Å². The number of ether oxygens (including phenoxy) is 1. The highest BCUT2D eigenvalue weighted by molar-refractivity contribution is 6.30. The van der Waals surface area contributed by atoms with Gasteiger partial charge in [0.25, 0.3) is 5.56 Å². The molecule has 3 aromatic rings. The molecule has 0 fully saturated rings. The molecule has 2 aromatic heterocycles. The Kier molecular flexibility index (Phi) is 3.39. The highest BCUT2D eigenvalue weighted by atomic mass is 35.5. The third-order valence-corrected chi connectivity index (χ3v) is 3.68. The molecule has 0 amide bonds. The highest BCUT2D eigenvalue weighted by Gasteiger charge is 2.09. The van der Waals surface area contributed by atoms with Gasteiger partial charge in [0.2, 0.25) is 0 Å². The molecule has 1 aromatic carbocycles. The minimum atomic E-state index is -0.0741. The number of fused-ring (bicyclic) bond motifs is 1. The number of aromatic nitrogens is 2. The van der Waals surface area contributed by atoms with Crippen molar-refractivity contribution in [3.63, 3.8) is 0 Å². The van der Waals surface area contributed by atoms with Crippen LogP contribution >= 0.6 is 11.6 Å². The second-order valence-corrected chi connectivity index (χ2v) is 5.10. The monoisotopic (exact) mass is 300 g/mol. The standard InChI is InChI=1S/C16H13ClN2O2/c1-19-14-8-15(17)18-9-11(14)7-13(16(19)20)10-3-5-12(21-2)6-4-10/h3-9H,1-2H3. The zero-order chi connectivity index (χ0) is 15.0. The highest BCUT2D eigenvalue weighted by Crippen LogP contribution is 2.23. The van der Waals surface area contributed by atoms with Gasteiger partial charge in [-0.3, -0.25) is 4.79 Å². The van der Waals surface area contributed by atoms with E-state index in [1.165, 1.54) is 0 Å². The fraction of sp³-hybridized carbons (Fsp3) is 0.125. The van der Waals surface area contributed by atoms with Gasteiger partial charge in [0, 0.05) is 24.2 Å². The Labute approximate surface area is 126 Å². The van der Waals surface area contributed by atoms with E-state index >= 15 is 0 Å². The van der Waals surface area contributed by atoms with E-state index in [0.29, 0.717) is 10.7 Å². The molecular weight excluding hydrogens is 288 g/mol. The van der Waals surface area contributed by atoms with Crippen LogP contribution in [-0.4, -0.2) is 16.7 Å². The zero-order valence-electron chi connectivity index (χ0n) is 11.6.